The van der Waals surface area contributed by atoms with Crippen LogP contribution in [0, 0.1) is 0 Å². The van der Waals surface area contributed by atoms with Crippen LogP contribution in [0.4, 0.5) is 5.82 Å². The molecule has 3 aromatic heterocycles. The Labute approximate surface area is 163 Å². The number of hydrogen-bond acceptors (Lipinski definition) is 6. The Morgan fingerprint density at radius 3 is 2.71 bits per heavy atom. The first-order valence-electron chi connectivity index (χ1n) is 9.51. The van der Waals surface area contributed by atoms with Crippen molar-refractivity contribution in [2.24, 2.45) is 0 Å². The van der Waals surface area contributed by atoms with Gasteiger partial charge in [0.05, 0.1) is 25.0 Å². The van der Waals surface area contributed by atoms with Gasteiger partial charge in [-0.3, -0.25) is 4.79 Å². The summed E-state index contributed by atoms with van der Waals surface area (Å²) in [5.74, 6) is 0.777. The first-order valence-corrected chi connectivity index (χ1v) is 9.51. The number of amides is 1. The lowest BCUT2D eigenvalue weighted by Crippen LogP contribution is -2.36. The molecule has 0 bridgehead atoms. The maximum atomic E-state index is 12.5. The predicted octanol–water partition coefficient (Wildman–Crippen LogP) is 2.17. The minimum Gasteiger partial charge on any atom is -0.378 e. The second-order valence-corrected chi connectivity index (χ2v) is 7.13. The summed E-state index contributed by atoms with van der Waals surface area (Å²) in [4.78, 5) is 23.6. The molecule has 0 saturated carbocycles. The molecule has 1 saturated heterocycles. The number of nitrogens with zero attached hydrogens (tertiary/aromatic N) is 5. The number of rotatable bonds is 5. The molecule has 1 aliphatic heterocycles. The van der Waals surface area contributed by atoms with Crippen molar-refractivity contribution in [2.45, 2.75) is 26.4 Å². The molecule has 0 aliphatic carbocycles. The number of aromatic nitrogens is 4. The summed E-state index contributed by atoms with van der Waals surface area (Å²) in [6.45, 7) is 7.68. The minimum atomic E-state index is -0.163. The van der Waals surface area contributed by atoms with Crippen LogP contribution in [-0.2, 0) is 11.3 Å². The van der Waals surface area contributed by atoms with Gasteiger partial charge >= 0.3 is 0 Å². The van der Waals surface area contributed by atoms with Crippen molar-refractivity contribution < 1.29 is 9.53 Å². The molecule has 4 heterocycles. The van der Waals surface area contributed by atoms with Crippen molar-refractivity contribution in [3.63, 3.8) is 0 Å². The third-order valence-electron chi connectivity index (χ3n) is 4.78. The highest BCUT2D eigenvalue weighted by molar-refractivity contribution is 5.96. The molecule has 0 radical (unpaired) electrons. The van der Waals surface area contributed by atoms with Gasteiger partial charge in [0.25, 0.3) is 5.91 Å². The van der Waals surface area contributed by atoms with Crippen LogP contribution in [-0.4, -0.2) is 52.0 Å². The van der Waals surface area contributed by atoms with Crippen LogP contribution >= 0.6 is 0 Å². The molecule has 28 heavy (non-hydrogen) atoms. The maximum Gasteiger partial charge on any atom is 0.253 e. The Hall–Kier alpha value is -3.00. The van der Waals surface area contributed by atoms with Crippen molar-refractivity contribution in [2.75, 3.05) is 31.2 Å². The number of carbonyl (C=O) groups excluding carboxylic acids is 1. The van der Waals surface area contributed by atoms with Crippen molar-refractivity contribution in [1.29, 1.82) is 0 Å². The smallest absolute Gasteiger partial charge is 0.253 e. The van der Waals surface area contributed by atoms with Crippen LogP contribution in [0.5, 0.6) is 0 Å². The summed E-state index contributed by atoms with van der Waals surface area (Å²) in [6, 6.07) is 6.02. The van der Waals surface area contributed by atoms with E-state index < -0.39 is 0 Å². The molecule has 0 aromatic carbocycles. The number of anilines is 1. The van der Waals surface area contributed by atoms with E-state index in [-0.39, 0.29) is 11.9 Å². The van der Waals surface area contributed by atoms with Crippen molar-refractivity contribution >= 4 is 22.8 Å². The fraction of sp³-hybridized carbons (Fsp3) is 0.400. The Morgan fingerprint density at radius 2 is 2.00 bits per heavy atom. The van der Waals surface area contributed by atoms with E-state index in [2.05, 4.69) is 25.3 Å². The van der Waals surface area contributed by atoms with Gasteiger partial charge in [-0.05, 0) is 31.5 Å². The zero-order chi connectivity index (χ0) is 19.5. The molecule has 1 N–H and O–H groups in total. The van der Waals surface area contributed by atoms with Gasteiger partial charge in [0.2, 0.25) is 0 Å². The predicted molar refractivity (Wildman–Crippen MR) is 106 cm³/mol. The molecule has 4 rings (SSSR count). The molecule has 0 unspecified atom stereocenters. The minimum absolute atomic E-state index is 0.163. The van der Waals surface area contributed by atoms with Gasteiger partial charge in [0.1, 0.15) is 5.82 Å². The Bertz CT molecular complexity index is 960. The van der Waals surface area contributed by atoms with E-state index in [1.807, 2.05) is 36.7 Å². The highest BCUT2D eigenvalue weighted by atomic mass is 16.5. The van der Waals surface area contributed by atoms with E-state index in [4.69, 9.17) is 4.74 Å². The van der Waals surface area contributed by atoms with Crippen molar-refractivity contribution in [1.82, 2.24) is 25.1 Å². The lowest BCUT2D eigenvalue weighted by Gasteiger charge is -2.27. The highest BCUT2D eigenvalue weighted by Gasteiger charge is 2.13. The standard InChI is InChI=1S/C20H24N6O2/c1-14(2)26-19-16(13-24-26)9-17(12-22-19)20(27)23-11-15-3-4-18(21-10-15)25-5-7-28-8-6-25/h3-4,9-10,12-14H,5-8,11H2,1-2H3,(H,23,27). The summed E-state index contributed by atoms with van der Waals surface area (Å²) >= 11 is 0. The van der Waals surface area contributed by atoms with Gasteiger partial charge in [-0.1, -0.05) is 6.07 Å². The van der Waals surface area contributed by atoms with Crippen LogP contribution in [0.25, 0.3) is 11.0 Å². The van der Waals surface area contributed by atoms with Gasteiger partial charge in [-0.2, -0.15) is 5.10 Å². The summed E-state index contributed by atoms with van der Waals surface area (Å²) in [5.41, 5.74) is 2.26. The van der Waals surface area contributed by atoms with E-state index in [9.17, 15) is 4.79 Å². The number of hydrogen-bond donors (Lipinski definition) is 1. The Balaban J connectivity index is 1.39. The van der Waals surface area contributed by atoms with Crippen LogP contribution < -0.4 is 10.2 Å². The first-order chi connectivity index (χ1) is 13.6. The fourth-order valence-corrected chi connectivity index (χ4v) is 3.23. The molecule has 1 aliphatic rings. The average molecular weight is 380 g/mol. The van der Waals surface area contributed by atoms with Crippen LogP contribution in [0.3, 0.4) is 0 Å². The molecule has 8 nitrogen and oxygen atoms in total. The molecular formula is C20H24N6O2. The molecule has 146 valence electrons. The summed E-state index contributed by atoms with van der Waals surface area (Å²) in [5, 5.41) is 8.13. The second kappa shape index (κ2) is 7.93. The molecule has 1 fully saturated rings. The SMILES string of the molecule is CC(C)n1ncc2cc(C(=O)NCc3ccc(N4CCOCC4)nc3)cnc21. The van der Waals surface area contributed by atoms with Crippen LogP contribution in [0.1, 0.15) is 35.8 Å². The molecule has 0 atom stereocenters. The molecule has 3 aromatic rings. The van der Waals surface area contributed by atoms with Gasteiger partial charge in [0, 0.05) is 43.5 Å². The van der Waals surface area contributed by atoms with Gasteiger partial charge < -0.3 is 15.0 Å². The topological polar surface area (TPSA) is 85.2 Å². The normalized spacial score (nSPS) is 14.6. The fourth-order valence-electron chi connectivity index (χ4n) is 3.23. The largest absolute Gasteiger partial charge is 0.378 e. The number of nitrogens with one attached hydrogen (secondary N) is 1. The number of morpholine rings is 1. The van der Waals surface area contributed by atoms with E-state index in [0.717, 1.165) is 48.7 Å². The van der Waals surface area contributed by atoms with Gasteiger partial charge in [0.15, 0.2) is 5.65 Å². The van der Waals surface area contributed by atoms with Crippen molar-refractivity contribution in [3.8, 4) is 0 Å². The molecule has 8 heteroatoms. The molecule has 0 spiro atoms. The summed E-state index contributed by atoms with van der Waals surface area (Å²) in [7, 11) is 0. The average Bonchev–Trinajstić information content (AvgIpc) is 3.16. The molecular weight excluding hydrogens is 356 g/mol. The Kier molecular flexibility index (Phi) is 5.21. The lowest BCUT2D eigenvalue weighted by molar-refractivity contribution is 0.0950. The van der Waals surface area contributed by atoms with Gasteiger partial charge in [-0.15, -0.1) is 0 Å². The van der Waals surface area contributed by atoms with E-state index >= 15 is 0 Å². The zero-order valence-corrected chi connectivity index (χ0v) is 16.1. The first kappa shape index (κ1) is 18.4. The second-order valence-electron chi connectivity index (χ2n) is 7.13. The molecule has 1 amide bonds. The quantitative estimate of drug-likeness (QED) is 0.730. The van der Waals surface area contributed by atoms with E-state index in [1.165, 1.54) is 0 Å². The third kappa shape index (κ3) is 3.82. The third-order valence-corrected chi connectivity index (χ3v) is 4.78. The monoisotopic (exact) mass is 380 g/mol. The van der Waals surface area contributed by atoms with Crippen LogP contribution in [0.2, 0.25) is 0 Å². The van der Waals surface area contributed by atoms with E-state index in [0.29, 0.717) is 12.1 Å². The van der Waals surface area contributed by atoms with Gasteiger partial charge in [-0.25, -0.2) is 14.6 Å². The maximum absolute atomic E-state index is 12.5. The summed E-state index contributed by atoms with van der Waals surface area (Å²) < 4.78 is 7.21. The number of pyridine rings is 2. The van der Waals surface area contributed by atoms with E-state index in [1.54, 1.807) is 18.6 Å². The van der Waals surface area contributed by atoms with Crippen molar-refractivity contribution in [3.05, 3.63) is 47.9 Å². The summed E-state index contributed by atoms with van der Waals surface area (Å²) in [6.07, 6.45) is 5.14. The van der Waals surface area contributed by atoms with Crippen LogP contribution in [0.15, 0.2) is 36.8 Å². The number of ether oxygens (including phenoxy) is 1. The zero-order valence-electron chi connectivity index (χ0n) is 16.1. The number of carbonyl (C=O) groups is 1. The number of fused-ring (bicyclic) bond motifs is 1. The lowest BCUT2D eigenvalue weighted by atomic mass is 10.2. The highest BCUT2D eigenvalue weighted by Crippen LogP contribution is 2.17. The Morgan fingerprint density at radius 1 is 1.18 bits per heavy atom.